The first-order valence-corrected chi connectivity index (χ1v) is 11.8. The third-order valence-corrected chi connectivity index (χ3v) is 6.83. The number of hydrogen-bond donors (Lipinski definition) is 2. The lowest BCUT2D eigenvalue weighted by Gasteiger charge is -2.26. The Kier molecular flexibility index (Phi) is 5.77. The molecule has 5 rings (SSSR count). The summed E-state index contributed by atoms with van der Waals surface area (Å²) in [4.78, 5) is 28.0. The summed E-state index contributed by atoms with van der Waals surface area (Å²) in [7, 11) is 0. The number of aromatic hydroxyl groups is 1. The number of carbonyl (C=O) groups excluding carboxylic acids is 2. The zero-order valence-corrected chi connectivity index (χ0v) is 20.0. The highest BCUT2D eigenvalue weighted by Gasteiger charge is 2.47. The number of Topliss-reactive ketones (excluding diaryl/α,β-unsaturated/α-hetero) is 1. The largest absolute Gasteiger partial charge is 0.507 e. The number of hydrogen-bond acceptors (Lipinski definition) is 5. The molecule has 3 aromatic carbocycles. The summed E-state index contributed by atoms with van der Waals surface area (Å²) in [6.07, 6.45) is 1.54. The highest BCUT2D eigenvalue weighted by molar-refractivity contribution is 6.51. The lowest BCUT2D eigenvalue weighted by atomic mass is 9.94. The number of anilines is 1. The lowest BCUT2D eigenvalue weighted by Crippen LogP contribution is -2.29. The molecule has 2 aliphatic rings. The Morgan fingerprint density at radius 2 is 1.83 bits per heavy atom. The normalized spacial score (nSPS) is 20.7. The van der Waals surface area contributed by atoms with Crippen LogP contribution >= 0.6 is 11.6 Å². The van der Waals surface area contributed by atoms with Crippen molar-refractivity contribution in [2.45, 2.75) is 38.8 Å². The molecule has 3 aromatic rings. The van der Waals surface area contributed by atoms with Crippen molar-refractivity contribution >= 4 is 34.7 Å². The van der Waals surface area contributed by atoms with Crippen molar-refractivity contribution in [2.24, 2.45) is 0 Å². The number of phenolic OH excluding ortho intramolecular Hbond substituents is 1. The Morgan fingerprint density at radius 1 is 1.09 bits per heavy atom. The van der Waals surface area contributed by atoms with E-state index in [1.807, 2.05) is 26.0 Å². The van der Waals surface area contributed by atoms with Crippen molar-refractivity contribution in [1.82, 2.24) is 0 Å². The molecule has 1 amide bonds. The van der Waals surface area contributed by atoms with Gasteiger partial charge >= 0.3 is 0 Å². The van der Waals surface area contributed by atoms with Crippen LogP contribution in [0, 0.1) is 0 Å². The van der Waals surface area contributed by atoms with Gasteiger partial charge in [-0.3, -0.25) is 14.5 Å². The smallest absolute Gasteiger partial charge is 0.300 e. The van der Waals surface area contributed by atoms with E-state index in [0.717, 1.165) is 23.3 Å². The van der Waals surface area contributed by atoms with Gasteiger partial charge in [-0.1, -0.05) is 36.7 Å². The van der Waals surface area contributed by atoms with Gasteiger partial charge in [0.25, 0.3) is 11.7 Å². The van der Waals surface area contributed by atoms with Crippen LogP contribution in [0.1, 0.15) is 42.1 Å². The fraction of sp³-hybridized carbons (Fsp3) is 0.214. The fourth-order valence-corrected chi connectivity index (χ4v) is 4.91. The molecule has 0 aromatic heterocycles. The number of nitrogens with zero attached hydrogens (tertiary/aromatic N) is 1. The quantitative estimate of drug-likeness (QED) is 0.285. The van der Waals surface area contributed by atoms with Crippen molar-refractivity contribution < 1.29 is 24.5 Å². The standard InChI is InChI=1S/C28H24ClNO5/c1-3-16-4-8-20(9-5-16)30-25(17-6-10-22(31)21(29)14-17)24(27(33)28(30)34)26(32)18-7-11-23-19(13-18)12-15(2)35-23/h4-11,13-15,25,31-32H,3,12H2,1-2H3/b26-24-. The van der Waals surface area contributed by atoms with Crippen LogP contribution in [0.5, 0.6) is 11.5 Å². The minimum atomic E-state index is -0.927. The molecule has 6 nitrogen and oxygen atoms in total. The van der Waals surface area contributed by atoms with Gasteiger partial charge in [0.2, 0.25) is 0 Å². The minimum Gasteiger partial charge on any atom is -0.507 e. The monoisotopic (exact) mass is 489 g/mol. The van der Waals surface area contributed by atoms with E-state index in [1.54, 1.807) is 36.4 Å². The molecule has 2 unspecified atom stereocenters. The van der Waals surface area contributed by atoms with Crippen molar-refractivity contribution in [2.75, 3.05) is 4.90 Å². The number of fused-ring (bicyclic) bond motifs is 1. The van der Waals surface area contributed by atoms with Crippen LogP contribution in [0.4, 0.5) is 5.69 Å². The first-order chi connectivity index (χ1) is 16.8. The van der Waals surface area contributed by atoms with Gasteiger partial charge in [-0.25, -0.2) is 0 Å². The minimum absolute atomic E-state index is 0.0261. The molecule has 0 spiro atoms. The topological polar surface area (TPSA) is 87.1 Å². The number of phenols is 1. The number of aliphatic hydroxyl groups is 1. The maximum atomic E-state index is 13.3. The van der Waals surface area contributed by atoms with E-state index < -0.39 is 17.7 Å². The first kappa shape index (κ1) is 23.0. The van der Waals surface area contributed by atoms with E-state index in [9.17, 15) is 19.8 Å². The third-order valence-electron chi connectivity index (χ3n) is 6.52. The van der Waals surface area contributed by atoms with Gasteiger partial charge in [0.05, 0.1) is 16.6 Å². The van der Waals surface area contributed by atoms with Crippen molar-refractivity contribution in [3.8, 4) is 11.5 Å². The van der Waals surface area contributed by atoms with Gasteiger partial charge in [-0.15, -0.1) is 0 Å². The number of rotatable bonds is 4. The SMILES string of the molecule is CCc1ccc(N2C(=O)C(=O)/C(=C(\O)c3ccc4c(c3)CC(C)O4)C2c2ccc(O)c(Cl)c2)cc1. The van der Waals surface area contributed by atoms with Crippen LogP contribution < -0.4 is 9.64 Å². The van der Waals surface area contributed by atoms with Gasteiger partial charge < -0.3 is 14.9 Å². The molecule has 178 valence electrons. The summed E-state index contributed by atoms with van der Waals surface area (Å²) in [5.74, 6) is -1.18. The molecule has 0 aliphatic carbocycles. The predicted molar refractivity (Wildman–Crippen MR) is 134 cm³/mol. The number of amides is 1. The van der Waals surface area contributed by atoms with E-state index in [-0.39, 0.29) is 28.2 Å². The van der Waals surface area contributed by atoms with E-state index in [2.05, 4.69) is 0 Å². The van der Waals surface area contributed by atoms with Crippen LogP contribution in [0.25, 0.3) is 5.76 Å². The molecule has 2 heterocycles. The zero-order valence-electron chi connectivity index (χ0n) is 19.3. The molecule has 0 saturated carbocycles. The molecule has 1 fully saturated rings. The molecule has 0 radical (unpaired) electrons. The molecule has 2 atom stereocenters. The van der Waals surface area contributed by atoms with Crippen LogP contribution in [-0.4, -0.2) is 28.0 Å². The highest BCUT2D eigenvalue weighted by atomic mass is 35.5. The average molecular weight is 490 g/mol. The van der Waals surface area contributed by atoms with Gasteiger partial charge in [0.1, 0.15) is 23.4 Å². The Hall–Kier alpha value is -3.77. The fourth-order valence-electron chi connectivity index (χ4n) is 4.72. The summed E-state index contributed by atoms with van der Waals surface area (Å²) < 4.78 is 5.75. The number of aliphatic hydroxyl groups excluding tert-OH is 1. The molecule has 2 N–H and O–H groups in total. The van der Waals surface area contributed by atoms with Crippen LogP contribution in [0.15, 0.2) is 66.2 Å². The van der Waals surface area contributed by atoms with E-state index >= 15 is 0 Å². The summed E-state index contributed by atoms with van der Waals surface area (Å²) in [6, 6.07) is 16.2. The van der Waals surface area contributed by atoms with Crippen LogP contribution in [0.3, 0.4) is 0 Å². The number of ether oxygens (including phenoxy) is 1. The highest BCUT2D eigenvalue weighted by Crippen LogP contribution is 2.44. The Bertz CT molecular complexity index is 1380. The first-order valence-electron chi connectivity index (χ1n) is 11.5. The number of aryl methyl sites for hydroxylation is 1. The Morgan fingerprint density at radius 3 is 2.51 bits per heavy atom. The van der Waals surface area contributed by atoms with E-state index in [0.29, 0.717) is 23.2 Å². The van der Waals surface area contributed by atoms with Crippen LogP contribution in [0.2, 0.25) is 5.02 Å². The molecule has 2 aliphatic heterocycles. The zero-order chi connectivity index (χ0) is 24.9. The molecule has 0 bridgehead atoms. The van der Waals surface area contributed by atoms with Gasteiger partial charge in [0, 0.05) is 17.7 Å². The summed E-state index contributed by atoms with van der Waals surface area (Å²) in [5, 5.41) is 21.4. The number of benzene rings is 3. The van der Waals surface area contributed by atoms with Gasteiger partial charge in [-0.05, 0) is 72.5 Å². The molecular formula is C28H24ClNO5. The van der Waals surface area contributed by atoms with E-state index in [1.165, 1.54) is 17.0 Å². The summed E-state index contributed by atoms with van der Waals surface area (Å²) >= 11 is 6.19. The average Bonchev–Trinajstić information content (AvgIpc) is 3.36. The molecule has 35 heavy (non-hydrogen) atoms. The van der Waals surface area contributed by atoms with Gasteiger partial charge in [-0.2, -0.15) is 0 Å². The number of ketones is 1. The third kappa shape index (κ3) is 3.94. The Balaban J connectivity index is 1.69. The van der Waals surface area contributed by atoms with Crippen molar-refractivity contribution in [1.29, 1.82) is 0 Å². The number of carbonyl (C=O) groups is 2. The molecular weight excluding hydrogens is 466 g/mol. The predicted octanol–water partition coefficient (Wildman–Crippen LogP) is 5.56. The molecule has 7 heteroatoms. The maximum Gasteiger partial charge on any atom is 0.300 e. The summed E-state index contributed by atoms with van der Waals surface area (Å²) in [5.41, 5.74) is 3.41. The second kappa shape index (κ2) is 8.78. The van der Waals surface area contributed by atoms with E-state index in [4.69, 9.17) is 16.3 Å². The van der Waals surface area contributed by atoms with Crippen molar-refractivity contribution in [3.63, 3.8) is 0 Å². The van der Waals surface area contributed by atoms with Crippen LogP contribution in [-0.2, 0) is 22.4 Å². The second-order valence-corrected chi connectivity index (χ2v) is 9.26. The second-order valence-electron chi connectivity index (χ2n) is 8.86. The lowest BCUT2D eigenvalue weighted by molar-refractivity contribution is -0.132. The summed E-state index contributed by atoms with van der Waals surface area (Å²) in [6.45, 7) is 3.99. The molecule has 1 saturated heterocycles. The van der Waals surface area contributed by atoms with Gasteiger partial charge in [0.15, 0.2) is 0 Å². The van der Waals surface area contributed by atoms with Crippen molar-refractivity contribution in [3.05, 3.63) is 93.5 Å². The number of halogens is 1. The maximum absolute atomic E-state index is 13.3. The Labute approximate surface area is 208 Å².